The molecular formula is C12H21N3O4. The van der Waals surface area contributed by atoms with Gasteiger partial charge in [0.05, 0.1) is 6.42 Å². The molecule has 0 spiro atoms. The first-order chi connectivity index (χ1) is 8.85. The van der Waals surface area contributed by atoms with E-state index in [-0.39, 0.29) is 18.4 Å². The molecule has 0 unspecified atom stereocenters. The minimum Gasteiger partial charge on any atom is -0.481 e. The van der Waals surface area contributed by atoms with E-state index < -0.39 is 17.9 Å². The summed E-state index contributed by atoms with van der Waals surface area (Å²) in [4.78, 5) is 35.1. The number of nitrogens with one attached hydrogen (secondary N) is 2. The number of amides is 3. The molecule has 1 saturated carbocycles. The van der Waals surface area contributed by atoms with E-state index in [0.717, 1.165) is 19.3 Å². The third kappa shape index (κ3) is 4.51. The second-order valence-corrected chi connectivity index (χ2v) is 5.10. The molecule has 7 nitrogen and oxygen atoms in total. The zero-order valence-electron chi connectivity index (χ0n) is 11.4. The molecule has 0 radical (unpaired) electrons. The monoisotopic (exact) mass is 271 g/mol. The molecule has 0 aromatic carbocycles. The van der Waals surface area contributed by atoms with Gasteiger partial charge >= 0.3 is 12.0 Å². The van der Waals surface area contributed by atoms with Gasteiger partial charge in [-0.3, -0.25) is 14.9 Å². The molecule has 19 heavy (non-hydrogen) atoms. The number of imide groups is 1. The predicted molar refractivity (Wildman–Crippen MR) is 68.7 cm³/mol. The molecule has 3 N–H and O–H groups in total. The number of rotatable bonds is 6. The molecule has 0 aliphatic heterocycles. The summed E-state index contributed by atoms with van der Waals surface area (Å²) in [6.07, 6.45) is 2.71. The summed E-state index contributed by atoms with van der Waals surface area (Å²) >= 11 is 0. The number of hydrogen-bond donors (Lipinski definition) is 3. The SMILES string of the molecule is CN(C)C1(CNC(=O)NC(=O)CCC(=O)O)CCC1. The lowest BCUT2D eigenvalue weighted by molar-refractivity contribution is -0.138. The lowest BCUT2D eigenvalue weighted by atomic mass is 9.75. The third-order valence-corrected chi connectivity index (χ3v) is 3.63. The van der Waals surface area contributed by atoms with E-state index in [4.69, 9.17) is 5.11 Å². The number of carbonyl (C=O) groups excluding carboxylic acids is 2. The van der Waals surface area contributed by atoms with Gasteiger partial charge in [-0.1, -0.05) is 0 Å². The highest BCUT2D eigenvalue weighted by molar-refractivity contribution is 5.95. The summed E-state index contributed by atoms with van der Waals surface area (Å²) in [5.41, 5.74) is -0.0124. The maximum absolute atomic E-state index is 11.5. The number of urea groups is 1. The fourth-order valence-corrected chi connectivity index (χ4v) is 2.07. The van der Waals surface area contributed by atoms with E-state index in [0.29, 0.717) is 6.54 Å². The van der Waals surface area contributed by atoms with Gasteiger partial charge in [-0.2, -0.15) is 0 Å². The number of likely N-dealkylation sites (N-methyl/N-ethyl adjacent to an activating group) is 1. The van der Waals surface area contributed by atoms with E-state index in [1.54, 1.807) is 0 Å². The second-order valence-electron chi connectivity index (χ2n) is 5.10. The van der Waals surface area contributed by atoms with Crippen LogP contribution < -0.4 is 10.6 Å². The number of hydrogen-bond acceptors (Lipinski definition) is 4. The van der Waals surface area contributed by atoms with E-state index in [2.05, 4.69) is 15.5 Å². The molecule has 7 heteroatoms. The van der Waals surface area contributed by atoms with E-state index in [9.17, 15) is 14.4 Å². The first-order valence-electron chi connectivity index (χ1n) is 6.33. The quantitative estimate of drug-likeness (QED) is 0.639. The summed E-state index contributed by atoms with van der Waals surface area (Å²) in [7, 11) is 3.94. The van der Waals surface area contributed by atoms with Crippen LogP contribution in [0.2, 0.25) is 0 Å². The van der Waals surface area contributed by atoms with E-state index >= 15 is 0 Å². The molecule has 1 aliphatic carbocycles. The number of nitrogens with zero attached hydrogens (tertiary/aromatic N) is 1. The molecule has 1 fully saturated rings. The Kier molecular flexibility index (Phi) is 5.29. The van der Waals surface area contributed by atoms with E-state index in [1.807, 2.05) is 14.1 Å². The van der Waals surface area contributed by atoms with Crippen LogP contribution in [-0.2, 0) is 9.59 Å². The zero-order chi connectivity index (χ0) is 14.5. The molecular weight excluding hydrogens is 250 g/mol. The van der Waals surface area contributed by atoms with Crippen LogP contribution in [0.1, 0.15) is 32.1 Å². The number of carboxylic acid groups (broad SMARTS) is 1. The van der Waals surface area contributed by atoms with Crippen molar-refractivity contribution in [2.24, 2.45) is 0 Å². The topological polar surface area (TPSA) is 98.7 Å². The van der Waals surface area contributed by atoms with Gasteiger partial charge in [0.1, 0.15) is 0 Å². The lowest BCUT2D eigenvalue weighted by Gasteiger charge is -2.47. The van der Waals surface area contributed by atoms with Crippen LogP contribution in [0.5, 0.6) is 0 Å². The highest BCUT2D eigenvalue weighted by atomic mass is 16.4. The van der Waals surface area contributed by atoms with Gasteiger partial charge in [0.25, 0.3) is 0 Å². The number of carboxylic acids is 1. The van der Waals surface area contributed by atoms with Crippen molar-refractivity contribution in [1.29, 1.82) is 0 Å². The Labute approximate surface area is 112 Å². The third-order valence-electron chi connectivity index (χ3n) is 3.63. The average Bonchev–Trinajstić information content (AvgIpc) is 2.24. The van der Waals surface area contributed by atoms with Crippen LogP contribution in [-0.4, -0.2) is 54.1 Å². The van der Waals surface area contributed by atoms with Gasteiger partial charge in [0, 0.05) is 18.5 Å². The molecule has 0 aromatic heterocycles. The van der Waals surface area contributed by atoms with Crippen molar-refractivity contribution < 1.29 is 19.5 Å². The van der Waals surface area contributed by atoms with Gasteiger partial charge in [-0.15, -0.1) is 0 Å². The Hall–Kier alpha value is -1.63. The molecule has 108 valence electrons. The first-order valence-corrected chi connectivity index (χ1v) is 6.33. The predicted octanol–water partition coefficient (Wildman–Crippen LogP) is 0.161. The lowest BCUT2D eigenvalue weighted by Crippen LogP contribution is -2.58. The average molecular weight is 271 g/mol. The van der Waals surface area contributed by atoms with Crippen molar-refractivity contribution in [3.63, 3.8) is 0 Å². The highest BCUT2D eigenvalue weighted by Crippen LogP contribution is 2.35. The van der Waals surface area contributed by atoms with Gasteiger partial charge in [0.15, 0.2) is 0 Å². The summed E-state index contributed by atoms with van der Waals surface area (Å²) in [6.45, 7) is 0.484. The second kappa shape index (κ2) is 6.51. The van der Waals surface area contributed by atoms with Crippen molar-refractivity contribution in [3.8, 4) is 0 Å². The number of carbonyl (C=O) groups is 3. The Morgan fingerprint density at radius 2 is 1.84 bits per heavy atom. The van der Waals surface area contributed by atoms with Crippen LogP contribution >= 0.6 is 0 Å². The maximum Gasteiger partial charge on any atom is 0.321 e. The zero-order valence-corrected chi connectivity index (χ0v) is 11.4. The van der Waals surface area contributed by atoms with Crippen LogP contribution in [0, 0.1) is 0 Å². The van der Waals surface area contributed by atoms with Gasteiger partial charge in [-0.25, -0.2) is 4.79 Å². The minimum atomic E-state index is -1.06. The fourth-order valence-electron chi connectivity index (χ4n) is 2.07. The van der Waals surface area contributed by atoms with Crippen LogP contribution in [0.3, 0.4) is 0 Å². The van der Waals surface area contributed by atoms with Gasteiger partial charge in [-0.05, 0) is 33.4 Å². The molecule has 1 rings (SSSR count). The van der Waals surface area contributed by atoms with Crippen LogP contribution in [0.25, 0.3) is 0 Å². The molecule has 0 atom stereocenters. The smallest absolute Gasteiger partial charge is 0.321 e. The Bertz CT molecular complexity index is 364. The van der Waals surface area contributed by atoms with Crippen molar-refractivity contribution in [1.82, 2.24) is 15.5 Å². The highest BCUT2D eigenvalue weighted by Gasteiger charge is 2.39. The van der Waals surface area contributed by atoms with Crippen LogP contribution in [0.15, 0.2) is 0 Å². The Morgan fingerprint density at radius 3 is 2.26 bits per heavy atom. The van der Waals surface area contributed by atoms with Crippen molar-refractivity contribution in [2.45, 2.75) is 37.6 Å². The van der Waals surface area contributed by atoms with E-state index in [1.165, 1.54) is 0 Å². The number of aliphatic carboxylic acids is 1. The molecule has 0 bridgehead atoms. The van der Waals surface area contributed by atoms with Gasteiger partial charge < -0.3 is 15.3 Å². The largest absolute Gasteiger partial charge is 0.481 e. The van der Waals surface area contributed by atoms with Gasteiger partial charge in [0.2, 0.25) is 5.91 Å². The molecule has 3 amide bonds. The molecule has 0 saturated heterocycles. The van der Waals surface area contributed by atoms with Crippen LogP contribution in [0.4, 0.5) is 4.79 Å². The van der Waals surface area contributed by atoms with Crippen molar-refractivity contribution >= 4 is 17.9 Å². The Balaban J connectivity index is 2.28. The normalized spacial score (nSPS) is 16.6. The first kappa shape index (κ1) is 15.4. The molecule has 0 heterocycles. The summed E-state index contributed by atoms with van der Waals surface area (Å²) < 4.78 is 0. The fraction of sp³-hybridized carbons (Fsp3) is 0.750. The Morgan fingerprint density at radius 1 is 1.21 bits per heavy atom. The standard InChI is InChI=1S/C12H21N3O4/c1-15(2)12(6-3-7-12)8-13-11(19)14-9(16)4-5-10(17)18/h3-8H2,1-2H3,(H,17,18)(H2,13,14,16,19). The minimum absolute atomic E-state index is 0.0124. The molecule has 0 aromatic rings. The summed E-state index contributed by atoms with van der Waals surface area (Å²) in [5.74, 6) is -1.64. The van der Waals surface area contributed by atoms with Crippen molar-refractivity contribution in [2.75, 3.05) is 20.6 Å². The summed E-state index contributed by atoms with van der Waals surface area (Å²) in [6, 6.07) is -0.566. The van der Waals surface area contributed by atoms with Crippen molar-refractivity contribution in [3.05, 3.63) is 0 Å². The maximum atomic E-state index is 11.5. The summed E-state index contributed by atoms with van der Waals surface area (Å²) in [5, 5.41) is 13.2. The molecule has 1 aliphatic rings.